The van der Waals surface area contributed by atoms with Crippen LogP contribution in [-0.4, -0.2) is 36.5 Å². The molecule has 3 nitrogen and oxygen atoms in total. The number of carbonyl (C=O) groups is 1. The number of amides is 1. The molecule has 1 fully saturated rings. The van der Waals surface area contributed by atoms with Gasteiger partial charge in [-0.2, -0.15) is 0 Å². The first-order chi connectivity index (χ1) is 9.15. The van der Waals surface area contributed by atoms with Crippen LogP contribution in [0.1, 0.15) is 30.1 Å². The molecule has 0 saturated carbocycles. The summed E-state index contributed by atoms with van der Waals surface area (Å²) in [4.78, 5) is 14.2. The highest BCUT2D eigenvalue weighted by atomic mass is 35.5. The number of nitrogens with one attached hydrogen (secondary N) is 1. The van der Waals surface area contributed by atoms with Crippen molar-refractivity contribution in [2.45, 2.75) is 25.8 Å². The fraction of sp³-hybridized carbons (Fsp3) is 0.500. The molecule has 0 radical (unpaired) electrons. The summed E-state index contributed by atoms with van der Waals surface area (Å²) in [5.74, 6) is -0.859. The van der Waals surface area contributed by atoms with Crippen LogP contribution < -0.4 is 5.32 Å². The number of hydrogen-bond acceptors (Lipinski definition) is 2. The molecule has 1 aliphatic rings. The summed E-state index contributed by atoms with van der Waals surface area (Å²) in [6.07, 6.45) is 1.79. The van der Waals surface area contributed by atoms with E-state index < -0.39 is 5.82 Å². The summed E-state index contributed by atoms with van der Waals surface area (Å²) >= 11 is 5.96. The molecular weight excluding hydrogens is 267 g/mol. The molecule has 5 heteroatoms. The zero-order valence-corrected chi connectivity index (χ0v) is 11.7. The third-order valence-electron chi connectivity index (χ3n) is 3.53. The maximum atomic E-state index is 13.8. The Morgan fingerprint density at radius 1 is 1.47 bits per heavy atom. The summed E-state index contributed by atoms with van der Waals surface area (Å²) < 4.78 is 13.8. The lowest BCUT2D eigenvalue weighted by molar-refractivity contribution is 0.0651. The Kier molecular flexibility index (Phi) is 4.77. The van der Waals surface area contributed by atoms with E-state index in [-0.39, 0.29) is 22.5 Å². The number of carbonyl (C=O) groups excluding carboxylic acids is 1. The van der Waals surface area contributed by atoms with Gasteiger partial charge in [0.1, 0.15) is 5.82 Å². The van der Waals surface area contributed by atoms with E-state index in [1.54, 1.807) is 11.0 Å². The van der Waals surface area contributed by atoms with E-state index in [2.05, 4.69) is 5.32 Å². The number of nitrogens with zero attached hydrogens (tertiary/aromatic N) is 1. The van der Waals surface area contributed by atoms with Crippen LogP contribution in [0.15, 0.2) is 18.2 Å². The van der Waals surface area contributed by atoms with E-state index >= 15 is 0 Å². The number of hydrogen-bond donors (Lipinski definition) is 1. The van der Waals surface area contributed by atoms with E-state index in [1.807, 2.05) is 6.92 Å². The van der Waals surface area contributed by atoms with Crippen molar-refractivity contribution in [3.05, 3.63) is 34.6 Å². The molecule has 0 spiro atoms. The molecule has 19 heavy (non-hydrogen) atoms. The van der Waals surface area contributed by atoms with E-state index in [9.17, 15) is 9.18 Å². The lowest BCUT2D eigenvalue weighted by Gasteiger charge is -2.34. The van der Waals surface area contributed by atoms with Crippen LogP contribution in [0.25, 0.3) is 0 Å². The first kappa shape index (κ1) is 14.3. The van der Waals surface area contributed by atoms with Gasteiger partial charge < -0.3 is 10.2 Å². The number of halogens is 2. The van der Waals surface area contributed by atoms with E-state index in [0.29, 0.717) is 6.54 Å². The van der Waals surface area contributed by atoms with Crippen LogP contribution in [-0.2, 0) is 0 Å². The first-order valence-corrected chi connectivity index (χ1v) is 6.98. The highest BCUT2D eigenvalue weighted by Crippen LogP contribution is 2.23. The monoisotopic (exact) mass is 284 g/mol. The normalized spacial score (nSPS) is 16.4. The van der Waals surface area contributed by atoms with Crippen LogP contribution in [0.2, 0.25) is 5.02 Å². The van der Waals surface area contributed by atoms with Gasteiger partial charge in [0.2, 0.25) is 0 Å². The van der Waals surface area contributed by atoms with Gasteiger partial charge in [-0.3, -0.25) is 4.79 Å². The summed E-state index contributed by atoms with van der Waals surface area (Å²) in [7, 11) is 0. The molecule has 1 aromatic carbocycles. The minimum absolute atomic E-state index is 0.00968. The Labute approximate surface area is 117 Å². The molecule has 0 aromatic heterocycles. The second-order valence-electron chi connectivity index (χ2n) is 4.67. The van der Waals surface area contributed by atoms with Crippen molar-refractivity contribution in [3.8, 4) is 0 Å². The smallest absolute Gasteiger partial charge is 0.258 e. The van der Waals surface area contributed by atoms with Gasteiger partial charge in [0.25, 0.3) is 5.91 Å². The Bertz CT molecular complexity index is 441. The molecule has 0 atom stereocenters. The van der Waals surface area contributed by atoms with E-state index in [0.717, 1.165) is 25.9 Å². The minimum Gasteiger partial charge on any atom is -0.336 e. The maximum absolute atomic E-state index is 13.8. The fourth-order valence-corrected chi connectivity index (χ4v) is 2.78. The zero-order chi connectivity index (χ0) is 13.8. The largest absolute Gasteiger partial charge is 0.336 e. The fourth-order valence-electron chi connectivity index (χ4n) is 2.53. The Morgan fingerprint density at radius 3 is 2.74 bits per heavy atom. The average molecular weight is 285 g/mol. The van der Waals surface area contributed by atoms with E-state index in [1.165, 1.54) is 12.1 Å². The van der Waals surface area contributed by atoms with Gasteiger partial charge in [-0.05, 0) is 45.0 Å². The summed E-state index contributed by atoms with van der Waals surface area (Å²) in [6, 6.07) is 4.49. The van der Waals surface area contributed by atoms with E-state index in [4.69, 9.17) is 11.6 Å². The predicted octanol–water partition coefficient (Wildman–Crippen LogP) is 2.69. The van der Waals surface area contributed by atoms with Gasteiger partial charge in [-0.25, -0.2) is 4.39 Å². The van der Waals surface area contributed by atoms with Crippen molar-refractivity contribution in [2.24, 2.45) is 0 Å². The molecule has 0 aliphatic carbocycles. The molecule has 1 N–H and O–H groups in total. The third-order valence-corrected chi connectivity index (χ3v) is 3.84. The average Bonchev–Trinajstić information content (AvgIpc) is 2.40. The van der Waals surface area contributed by atoms with Crippen molar-refractivity contribution in [1.82, 2.24) is 10.2 Å². The minimum atomic E-state index is -0.551. The maximum Gasteiger partial charge on any atom is 0.258 e. The lowest BCUT2D eigenvalue weighted by Crippen LogP contribution is -2.46. The Balaban J connectivity index is 2.25. The third kappa shape index (κ3) is 3.07. The van der Waals surface area contributed by atoms with Crippen LogP contribution in [0.5, 0.6) is 0 Å². The summed E-state index contributed by atoms with van der Waals surface area (Å²) in [6.45, 7) is 4.25. The molecule has 1 heterocycles. The predicted molar refractivity (Wildman–Crippen MR) is 74.0 cm³/mol. The van der Waals surface area contributed by atoms with Gasteiger partial charge in [0.05, 0.1) is 10.6 Å². The topological polar surface area (TPSA) is 32.3 Å². The molecule has 1 saturated heterocycles. The van der Waals surface area contributed by atoms with Gasteiger partial charge in [0.15, 0.2) is 0 Å². The second kappa shape index (κ2) is 6.35. The van der Waals surface area contributed by atoms with Gasteiger partial charge >= 0.3 is 0 Å². The molecule has 1 amide bonds. The number of benzene rings is 1. The zero-order valence-electron chi connectivity index (χ0n) is 11.0. The number of rotatable bonds is 3. The highest BCUT2D eigenvalue weighted by molar-refractivity contribution is 6.33. The second-order valence-corrected chi connectivity index (χ2v) is 5.08. The van der Waals surface area contributed by atoms with Crippen molar-refractivity contribution in [2.75, 3.05) is 19.6 Å². The summed E-state index contributed by atoms with van der Waals surface area (Å²) in [5.41, 5.74) is -0.00968. The molecule has 2 rings (SSSR count). The van der Waals surface area contributed by atoms with Crippen LogP contribution in [0, 0.1) is 5.82 Å². The van der Waals surface area contributed by atoms with Crippen molar-refractivity contribution in [3.63, 3.8) is 0 Å². The van der Waals surface area contributed by atoms with Crippen LogP contribution in [0.3, 0.4) is 0 Å². The molecule has 1 aromatic rings. The summed E-state index contributed by atoms with van der Waals surface area (Å²) in [5, 5.41) is 3.44. The standard InChI is InChI=1S/C14H18ClFN2O/c1-2-18(10-6-8-17-9-7-10)14(19)13-11(15)4-3-5-12(13)16/h3-5,10,17H,2,6-9H2,1H3. The molecular formula is C14H18ClFN2O. The van der Waals surface area contributed by atoms with Crippen molar-refractivity contribution in [1.29, 1.82) is 0 Å². The van der Waals surface area contributed by atoms with Crippen molar-refractivity contribution >= 4 is 17.5 Å². The highest BCUT2D eigenvalue weighted by Gasteiger charge is 2.27. The molecule has 104 valence electrons. The molecule has 0 bridgehead atoms. The Hall–Kier alpha value is -1.13. The van der Waals surface area contributed by atoms with Gasteiger partial charge in [-0.15, -0.1) is 0 Å². The Morgan fingerprint density at radius 2 is 2.16 bits per heavy atom. The van der Waals surface area contributed by atoms with Gasteiger partial charge in [-0.1, -0.05) is 17.7 Å². The lowest BCUT2D eigenvalue weighted by atomic mass is 10.0. The molecule has 1 aliphatic heterocycles. The van der Waals surface area contributed by atoms with Gasteiger partial charge in [0, 0.05) is 12.6 Å². The van der Waals surface area contributed by atoms with Crippen LogP contribution >= 0.6 is 11.6 Å². The van der Waals surface area contributed by atoms with Crippen LogP contribution in [0.4, 0.5) is 4.39 Å². The SMILES string of the molecule is CCN(C(=O)c1c(F)cccc1Cl)C1CCNCC1. The number of piperidine rings is 1. The molecule has 0 unspecified atom stereocenters. The van der Waals surface area contributed by atoms with Crippen molar-refractivity contribution < 1.29 is 9.18 Å². The quantitative estimate of drug-likeness (QED) is 0.926. The first-order valence-electron chi connectivity index (χ1n) is 6.60.